The van der Waals surface area contributed by atoms with Crippen molar-refractivity contribution in [3.8, 4) is 0 Å². The second-order valence-corrected chi connectivity index (χ2v) is 2.95. The molecule has 3 heteroatoms. The summed E-state index contributed by atoms with van der Waals surface area (Å²) in [6.45, 7) is 5.92. The Bertz CT molecular complexity index is 123. The van der Waals surface area contributed by atoms with Crippen molar-refractivity contribution in [3.63, 3.8) is 0 Å². The van der Waals surface area contributed by atoms with Gasteiger partial charge in [-0.1, -0.05) is 20.8 Å². The average molecular weight is 159 g/mol. The van der Waals surface area contributed by atoms with E-state index in [4.69, 9.17) is 10.5 Å². The molecule has 0 aliphatic carbocycles. The van der Waals surface area contributed by atoms with E-state index in [0.29, 0.717) is 6.61 Å². The van der Waals surface area contributed by atoms with E-state index in [9.17, 15) is 4.79 Å². The van der Waals surface area contributed by atoms with Crippen LogP contribution in [0.4, 0.5) is 0 Å². The second kappa shape index (κ2) is 5.13. The van der Waals surface area contributed by atoms with Crippen molar-refractivity contribution in [1.29, 1.82) is 0 Å². The predicted octanol–water partition coefficient (Wildman–Crippen LogP) is 0.923. The van der Waals surface area contributed by atoms with E-state index in [1.165, 1.54) is 0 Å². The average Bonchev–Trinajstić information content (AvgIpc) is 1.99. The van der Waals surface area contributed by atoms with Gasteiger partial charge in [0.25, 0.3) is 0 Å². The molecule has 3 nitrogen and oxygen atoms in total. The largest absolute Gasteiger partial charge is 0.464 e. The second-order valence-electron chi connectivity index (χ2n) is 2.95. The van der Waals surface area contributed by atoms with Crippen molar-refractivity contribution in [2.45, 2.75) is 33.2 Å². The SMILES string of the molecule is CCC(N)COC(=O)C(C)C. The topological polar surface area (TPSA) is 52.3 Å². The molecule has 0 amide bonds. The lowest BCUT2D eigenvalue weighted by Gasteiger charge is -2.10. The van der Waals surface area contributed by atoms with Gasteiger partial charge in [0.1, 0.15) is 6.61 Å². The van der Waals surface area contributed by atoms with Crippen molar-refractivity contribution >= 4 is 5.97 Å². The molecule has 0 saturated heterocycles. The highest BCUT2D eigenvalue weighted by Gasteiger charge is 2.09. The molecular weight excluding hydrogens is 142 g/mol. The summed E-state index contributed by atoms with van der Waals surface area (Å²) in [5.74, 6) is -0.229. The van der Waals surface area contributed by atoms with Gasteiger partial charge in [-0.3, -0.25) is 4.79 Å². The molecule has 0 bridgehead atoms. The van der Waals surface area contributed by atoms with Crippen LogP contribution in [-0.4, -0.2) is 18.6 Å². The highest BCUT2D eigenvalue weighted by molar-refractivity contribution is 5.71. The molecule has 1 unspecified atom stereocenters. The minimum absolute atomic E-state index is 0.0160. The van der Waals surface area contributed by atoms with E-state index < -0.39 is 0 Å². The Balaban J connectivity index is 3.46. The van der Waals surface area contributed by atoms with Gasteiger partial charge in [-0.15, -0.1) is 0 Å². The van der Waals surface area contributed by atoms with Crippen molar-refractivity contribution in [2.24, 2.45) is 11.7 Å². The molecule has 0 aliphatic rings. The Hall–Kier alpha value is -0.570. The number of carbonyl (C=O) groups is 1. The van der Waals surface area contributed by atoms with Crippen LogP contribution < -0.4 is 5.73 Å². The van der Waals surface area contributed by atoms with Gasteiger partial charge in [0, 0.05) is 6.04 Å². The zero-order valence-corrected chi connectivity index (χ0v) is 7.46. The maximum atomic E-state index is 10.9. The van der Waals surface area contributed by atoms with Crippen molar-refractivity contribution in [1.82, 2.24) is 0 Å². The smallest absolute Gasteiger partial charge is 0.308 e. The van der Waals surface area contributed by atoms with Gasteiger partial charge in [0.05, 0.1) is 5.92 Å². The Morgan fingerprint density at radius 3 is 2.45 bits per heavy atom. The molecule has 1 atom stereocenters. The van der Waals surface area contributed by atoms with Crippen LogP contribution in [0.2, 0.25) is 0 Å². The van der Waals surface area contributed by atoms with Crippen LogP contribution in [0.25, 0.3) is 0 Å². The fourth-order valence-electron chi connectivity index (χ4n) is 0.474. The summed E-state index contributed by atoms with van der Waals surface area (Å²) in [7, 11) is 0. The quantitative estimate of drug-likeness (QED) is 0.621. The summed E-state index contributed by atoms with van der Waals surface area (Å²) in [4.78, 5) is 10.9. The molecule has 11 heavy (non-hydrogen) atoms. The third kappa shape index (κ3) is 4.79. The summed E-state index contributed by atoms with van der Waals surface area (Å²) in [6.07, 6.45) is 0.839. The summed E-state index contributed by atoms with van der Waals surface area (Å²) >= 11 is 0. The lowest BCUT2D eigenvalue weighted by molar-refractivity contribution is -0.147. The molecule has 66 valence electrons. The Labute approximate surface area is 67.9 Å². The third-order valence-corrected chi connectivity index (χ3v) is 1.44. The molecule has 0 saturated carbocycles. The number of hydrogen-bond donors (Lipinski definition) is 1. The van der Waals surface area contributed by atoms with Crippen molar-refractivity contribution in [3.05, 3.63) is 0 Å². The molecule has 0 fully saturated rings. The summed E-state index contributed by atoms with van der Waals surface area (Å²) < 4.78 is 4.89. The number of rotatable bonds is 4. The van der Waals surface area contributed by atoms with Gasteiger partial charge in [-0.2, -0.15) is 0 Å². The van der Waals surface area contributed by atoms with Gasteiger partial charge in [0.15, 0.2) is 0 Å². The van der Waals surface area contributed by atoms with Crippen LogP contribution >= 0.6 is 0 Å². The van der Waals surface area contributed by atoms with Gasteiger partial charge in [0.2, 0.25) is 0 Å². The van der Waals surface area contributed by atoms with Crippen molar-refractivity contribution in [2.75, 3.05) is 6.61 Å². The third-order valence-electron chi connectivity index (χ3n) is 1.44. The lowest BCUT2D eigenvalue weighted by Crippen LogP contribution is -2.27. The Morgan fingerprint density at radius 2 is 2.09 bits per heavy atom. The van der Waals surface area contributed by atoms with E-state index in [2.05, 4.69) is 0 Å². The standard InChI is InChI=1S/C8H17NO2/c1-4-7(9)5-11-8(10)6(2)3/h6-7H,4-5,9H2,1-3H3. The number of hydrogen-bond acceptors (Lipinski definition) is 3. The van der Waals surface area contributed by atoms with Crippen molar-refractivity contribution < 1.29 is 9.53 Å². The highest BCUT2D eigenvalue weighted by atomic mass is 16.5. The minimum atomic E-state index is -0.172. The summed E-state index contributed by atoms with van der Waals surface area (Å²) in [6, 6.07) is -0.0160. The van der Waals surface area contributed by atoms with E-state index >= 15 is 0 Å². The molecule has 0 spiro atoms. The zero-order valence-electron chi connectivity index (χ0n) is 7.46. The van der Waals surface area contributed by atoms with E-state index in [0.717, 1.165) is 6.42 Å². The highest BCUT2D eigenvalue weighted by Crippen LogP contribution is 1.97. The molecule has 0 rings (SSSR count). The molecular formula is C8H17NO2. The monoisotopic (exact) mass is 159 g/mol. The maximum Gasteiger partial charge on any atom is 0.308 e. The van der Waals surface area contributed by atoms with E-state index in [1.54, 1.807) is 13.8 Å². The summed E-state index contributed by atoms with van der Waals surface area (Å²) in [5.41, 5.74) is 5.54. The van der Waals surface area contributed by atoms with Crippen LogP contribution in [0.1, 0.15) is 27.2 Å². The van der Waals surface area contributed by atoms with Gasteiger partial charge < -0.3 is 10.5 Å². The van der Waals surface area contributed by atoms with Crippen LogP contribution in [0.5, 0.6) is 0 Å². The molecule has 0 aromatic rings. The predicted molar refractivity (Wildman–Crippen MR) is 44.1 cm³/mol. The number of esters is 1. The molecule has 2 N–H and O–H groups in total. The zero-order chi connectivity index (χ0) is 8.85. The minimum Gasteiger partial charge on any atom is -0.464 e. The first kappa shape index (κ1) is 10.4. The first-order valence-electron chi connectivity index (χ1n) is 4.00. The lowest BCUT2D eigenvalue weighted by atomic mass is 10.2. The van der Waals surface area contributed by atoms with E-state index in [1.807, 2.05) is 6.92 Å². The fourth-order valence-corrected chi connectivity index (χ4v) is 0.474. The molecule has 0 aromatic carbocycles. The fraction of sp³-hybridized carbons (Fsp3) is 0.875. The maximum absolute atomic E-state index is 10.9. The van der Waals surface area contributed by atoms with Crippen LogP contribution in [0, 0.1) is 5.92 Å². The first-order chi connectivity index (χ1) is 5.07. The first-order valence-corrected chi connectivity index (χ1v) is 4.00. The number of carbonyl (C=O) groups excluding carboxylic acids is 1. The van der Waals surface area contributed by atoms with Gasteiger partial charge >= 0.3 is 5.97 Å². The van der Waals surface area contributed by atoms with Gasteiger partial charge in [-0.25, -0.2) is 0 Å². The summed E-state index contributed by atoms with van der Waals surface area (Å²) in [5, 5.41) is 0. The Kier molecular flexibility index (Phi) is 4.86. The van der Waals surface area contributed by atoms with E-state index in [-0.39, 0.29) is 17.9 Å². The molecule has 0 heterocycles. The van der Waals surface area contributed by atoms with Crippen LogP contribution in [-0.2, 0) is 9.53 Å². The number of ether oxygens (including phenoxy) is 1. The normalized spacial score (nSPS) is 13.2. The van der Waals surface area contributed by atoms with Gasteiger partial charge in [-0.05, 0) is 6.42 Å². The Morgan fingerprint density at radius 1 is 1.55 bits per heavy atom. The number of nitrogens with two attached hydrogens (primary N) is 1. The van der Waals surface area contributed by atoms with Crippen LogP contribution in [0.3, 0.4) is 0 Å². The molecule has 0 aromatic heterocycles. The molecule has 0 aliphatic heterocycles. The molecule has 0 radical (unpaired) electrons. The van der Waals surface area contributed by atoms with Crippen LogP contribution in [0.15, 0.2) is 0 Å².